The molecule has 0 bridgehead atoms. The Hall–Kier alpha value is -2.16. The van der Waals surface area contributed by atoms with Crippen molar-refractivity contribution in [2.24, 2.45) is 0 Å². The van der Waals surface area contributed by atoms with E-state index in [1.54, 1.807) is 0 Å². The molecule has 0 aromatic rings. The summed E-state index contributed by atoms with van der Waals surface area (Å²) >= 11 is 0. The van der Waals surface area contributed by atoms with Crippen LogP contribution in [0.1, 0.15) is 19.8 Å². The van der Waals surface area contributed by atoms with Crippen LogP contribution in [0.15, 0.2) is 0 Å². The number of ether oxygens (including phenoxy) is 1. The summed E-state index contributed by atoms with van der Waals surface area (Å²) < 4.78 is 5.25. The zero-order valence-electron chi connectivity index (χ0n) is 11.5. The first-order valence-corrected chi connectivity index (χ1v) is 6.65. The van der Waals surface area contributed by atoms with Crippen LogP contribution in [-0.2, 0) is 19.1 Å². The fraction of sp³-hybridized carbons (Fsp3) is 0.667. The van der Waals surface area contributed by atoms with Crippen molar-refractivity contribution in [2.75, 3.05) is 13.1 Å². The van der Waals surface area contributed by atoms with Gasteiger partial charge in [0.15, 0.2) is 6.10 Å². The summed E-state index contributed by atoms with van der Waals surface area (Å²) in [6, 6.07) is -1.29. The highest BCUT2D eigenvalue weighted by molar-refractivity contribution is 6.03. The van der Waals surface area contributed by atoms with Crippen molar-refractivity contribution in [3.8, 4) is 0 Å². The first-order valence-electron chi connectivity index (χ1n) is 6.65. The first kappa shape index (κ1) is 15.2. The van der Waals surface area contributed by atoms with E-state index < -0.39 is 36.0 Å². The highest BCUT2D eigenvalue weighted by Crippen LogP contribution is 2.19. The molecule has 0 aliphatic carbocycles. The van der Waals surface area contributed by atoms with E-state index in [1.165, 1.54) is 6.92 Å². The lowest BCUT2D eigenvalue weighted by molar-refractivity contribution is -0.149. The minimum atomic E-state index is -1.02. The number of hydrogen-bond donors (Lipinski definition) is 3. The van der Waals surface area contributed by atoms with Crippen LogP contribution in [0.5, 0.6) is 0 Å². The summed E-state index contributed by atoms with van der Waals surface area (Å²) in [6.45, 7) is 1.47. The topological polar surface area (TPSA) is 125 Å². The molecule has 3 N–H and O–H groups in total. The minimum absolute atomic E-state index is 0.141. The van der Waals surface area contributed by atoms with Gasteiger partial charge in [-0.25, -0.2) is 9.59 Å². The van der Waals surface area contributed by atoms with Crippen LogP contribution in [0.2, 0.25) is 0 Å². The van der Waals surface area contributed by atoms with Crippen molar-refractivity contribution >= 4 is 23.8 Å². The van der Waals surface area contributed by atoms with E-state index in [2.05, 4.69) is 10.6 Å². The Morgan fingerprint density at radius 2 is 2.14 bits per heavy atom. The number of rotatable bonds is 3. The summed E-state index contributed by atoms with van der Waals surface area (Å²) in [5, 5.41) is 13.5. The Bertz CT molecular complexity index is 480. The van der Waals surface area contributed by atoms with Crippen molar-refractivity contribution in [2.45, 2.75) is 38.0 Å². The number of piperazine rings is 1. The lowest BCUT2D eigenvalue weighted by Gasteiger charge is -2.31. The molecular formula is C12H17N3O6. The largest absolute Gasteiger partial charge is 0.479 e. The second-order valence-corrected chi connectivity index (χ2v) is 5.06. The van der Waals surface area contributed by atoms with Crippen molar-refractivity contribution in [1.82, 2.24) is 15.5 Å². The Kier molecular flexibility index (Phi) is 4.41. The summed E-state index contributed by atoms with van der Waals surface area (Å²) in [6.07, 6.45) is -0.281. The summed E-state index contributed by atoms with van der Waals surface area (Å²) in [5.74, 6) is -2.07. The third-order valence-electron chi connectivity index (χ3n) is 3.55. The molecular weight excluding hydrogens is 282 g/mol. The molecule has 4 amide bonds. The average Bonchev–Trinajstić information content (AvgIpc) is 2.89. The van der Waals surface area contributed by atoms with E-state index in [4.69, 9.17) is 9.84 Å². The molecule has 2 aliphatic rings. The Balaban J connectivity index is 1.83. The second-order valence-electron chi connectivity index (χ2n) is 5.06. The Morgan fingerprint density at radius 1 is 1.43 bits per heavy atom. The maximum atomic E-state index is 12.0. The molecule has 9 heteroatoms. The van der Waals surface area contributed by atoms with E-state index in [0.717, 1.165) is 4.90 Å². The summed E-state index contributed by atoms with van der Waals surface area (Å²) in [7, 11) is 0. The van der Waals surface area contributed by atoms with Crippen LogP contribution in [-0.4, -0.2) is 65.2 Å². The third kappa shape index (κ3) is 3.48. The van der Waals surface area contributed by atoms with Crippen molar-refractivity contribution < 1.29 is 29.0 Å². The lowest BCUT2D eigenvalue weighted by atomic mass is 10.2. The number of nitrogens with zero attached hydrogens (tertiary/aromatic N) is 1. The molecule has 0 aromatic carbocycles. The Morgan fingerprint density at radius 3 is 2.76 bits per heavy atom. The van der Waals surface area contributed by atoms with Crippen molar-refractivity contribution in [3.63, 3.8) is 0 Å². The molecule has 116 valence electrons. The SMILES string of the molecule is CC1C(=O)NC(=O)CN1C(=O)NCC1CCC(C(=O)O)O1. The number of imide groups is 1. The number of carboxylic acids is 1. The standard InChI is InChI=1S/C12H17N3O6/c1-6-10(17)14-9(16)5-15(6)12(20)13-4-7-2-3-8(21-7)11(18)19/h6-8H,2-5H2,1H3,(H,13,20)(H,18,19)(H,14,16,17). The zero-order valence-corrected chi connectivity index (χ0v) is 11.5. The molecule has 0 radical (unpaired) electrons. The van der Waals surface area contributed by atoms with Gasteiger partial charge in [0.05, 0.1) is 6.10 Å². The van der Waals surface area contributed by atoms with E-state index >= 15 is 0 Å². The maximum Gasteiger partial charge on any atom is 0.332 e. The molecule has 0 aromatic heterocycles. The van der Waals surface area contributed by atoms with Crippen molar-refractivity contribution in [1.29, 1.82) is 0 Å². The van der Waals surface area contributed by atoms with Gasteiger partial charge in [-0.15, -0.1) is 0 Å². The number of urea groups is 1. The zero-order chi connectivity index (χ0) is 15.6. The normalized spacial score (nSPS) is 29.2. The number of amides is 4. The van der Waals surface area contributed by atoms with Gasteiger partial charge in [-0.3, -0.25) is 14.9 Å². The quantitative estimate of drug-likeness (QED) is 0.555. The molecule has 2 aliphatic heterocycles. The highest BCUT2D eigenvalue weighted by atomic mass is 16.5. The predicted molar refractivity (Wildman–Crippen MR) is 68.2 cm³/mol. The van der Waals surface area contributed by atoms with Gasteiger partial charge in [-0.1, -0.05) is 0 Å². The number of hydrogen-bond acceptors (Lipinski definition) is 5. The van der Waals surface area contributed by atoms with E-state index in [-0.39, 0.29) is 19.2 Å². The number of carbonyl (C=O) groups excluding carboxylic acids is 3. The summed E-state index contributed by atoms with van der Waals surface area (Å²) in [4.78, 5) is 46.6. The molecule has 3 atom stereocenters. The maximum absolute atomic E-state index is 12.0. The van der Waals surface area contributed by atoms with Gasteiger partial charge in [-0.05, 0) is 19.8 Å². The molecule has 2 saturated heterocycles. The molecule has 2 heterocycles. The smallest absolute Gasteiger partial charge is 0.332 e. The molecule has 21 heavy (non-hydrogen) atoms. The highest BCUT2D eigenvalue weighted by Gasteiger charge is 2.35. The molecule has 3 unspecified atom stereocenters. The minimum Gasteiger partial charge on any atom is -0.479 e. The van der Waals surface area contributed by atoms with E-state index in [9.17, 15) is 19.2 Å². The van der Waals surface area contributed by atoms with Gasteiger partial charge < -0.3 is 20.1 Å². The van der Waals surface area contributed by atoms with Gasteiger partial charge in [0, 0.05) is 6.54 Å². The number of carboxylic acid groups (broad SMARTS) is 1. The molecule has 0 spiro atoms. The van der Waals surface area contributed by atoms with E-state index in [0.29, 0.717) is 12.8 Å². The van der Waals surface area contributed by atoms with Gasteiger partial charge in [0.1, 0.15) is 12.6 Å². The van der Waals surface area contributed by atoms with E-state index in [1.807, 2.05) is 0 Å². The van der Waals surface area contributed by atoms with Crippen LogP contribution in [0, 0.1) is 0 Å². The number of nitrogens with one attached hydrogen (secondary N) is 2. The number of carbonyl (C=O) groups is 4. The fourth-order valence-corrected chi connectivity index (χ4v) is 2.30. The van der Waals surface area contributed by atoms with Crippen LogP contribution >= 0.6 is 0 Å². The van der Waals surface area contributed by atoms with Gasteiger partial charge in [0.25, 0.3) is 0 Å². The van der Waals surface area contributed by atoms with Crippen LogP contribution in [0.25, 0.3) is 0 Å². The lowest BCUT2D eigenvalue weighted by Crippen LogP contribution is -2.61. The average molecular weight is 299 g/mol. The predicted octanol–water partition coefficient (Wildman–Crippen LogP) is -1.32. The van der Waals surface area contributed by atoms with Gasteiger partial charge in [0.2, 0.25) is 11.8 Å². The van der Waals surface area contributed by atoms with Crippen LogP contribution in [0.4, 0.5) is 4.79 Å². The van der Waals surface area contributed by atoms with Crippen LogP contribution in [0.3, 0.4) is 0 Å². The van der Waals surface area contributed by atoms with Crippen molar-refractivity contribution in [3.05, 3.63) is 0 Å². The van der Waals surface area contributed by atoms with Crippen LogP contribution < -0.4 is 10.6 Å². The Labute approximate surface area is 120 Å². The molecule has 0 saturated carbocycles. The fourth-order valence-electron chi connectivity index (χ4n) is 2.30. The second kappa shape index (κ2) is 6.08. The molecule has 9 nitrogen and oxygen atoms in total. The first-order chi connectivity index (χ1) is 9.88. The van der Waals surface area contributed by atoms with Gasteiger partial charge >= 0.3 is 12.0 Å². The summed E-state index contributed by atoms with van der Waals surface area (Å²) in [5.41, 5.74) is 0. The van der Waals surface area contributed by atoms with Gasteiger partial charge in [-0.2, -0.15) is 0 Å². The third-order valence-corrected chi connectivity index (χ3v) is 3.55. The number of aliphatic carboxylic acids is 1. The monoisotopic (exact) mass is 299 g/mol. The molecule has 2 fully saturated rings. The molecule has 2 rings (SSSR count).